The molecule has 55 heavy (non-hydrogen) atoms. The van der Waals surface area contributed by atoms with E-state index in [2.05, 4.69) is 211 Å². The van der Waals surface area contributed by atoms with Gasteiger partial charge in [-0.05, 0) is 113 Å². The molecular weight excluding hydrogens is 663 g/mol. The lowest BCUT2D eigenvalue weighted by Crippen LogP contribution is -2.18. The van der Waals surface area contributed by atoms with Gasteiger partial charge in [-0.2, -0.15) is 0 Å². The molecule has 2 aliphatic rings. The van der Waals surface area contributed by atoms with Gasteiger partial charge >= 0.3 is 0 Å². The lowest BCUT2D eigenvalue weighted by atomic mass is 9.79. The zero-order valence-corrected chi connectivity index (χ0v) is 33.0. The molecule has 0 saturated carbocycles. The van der Waals surface area contributed by atoms with Crippen molar-refractivity contribution in [2.24, 2.45) is 0 Å². The van der Waals surface area contributed by atoms with Gasteiger partial charge in [-0.3, -0.25) is 0 Å². The molecule has 10 rings (SSSR count). The van der Waals surface area contributed by atoms with Crippen molar-refractivity contribution < 1.29 is 0 Å². The van der Waals surface area contributed by atoms with Crippen molar-refractivity contribution in [3.05, 3.63) is 186 Å². The van der Waals surface area contributed by atoms with Crippen molar-refractivity contribution in [1.29, 1.82) is 0 Å². The average molecular weight is 710 g/mol. The maximum absolute atomic E-state index is 2.54. The molecule has 8 aromatic rings. The number of fused-ring (bicyclic) bond motifs is 8. The van der Waals surface area contributed by atoms with E-state index in [1.807, 2.05) is 0 Å². The highest BCUT2D eigenvalue weighted by molar-refractivity contribution is 6.11. The van der Waals surface area contributed by atoms with Crippen molar-refractivity contribution in [1.82, 2.24) is 0 Å². The Bertz CT molecular complexity index is 2860. The monoisotopic (exact) mass is 709 g/mol. The second kappa shape index (κ2) is 11.8. The lowest BCUT2D eigenvalue weighted by molar-refractivity contribution is 0.589. The summed E-state index contributed by atoms with van der Waals surface area (Å²) in [6.45, 7) is 16.6. The van der Waals surface area contributed by atoms with Crippen LogP contribution in [-0.4, -0.2) is 0 Å². The number of benzene rings is 8. The molecule has 0 aromatic heterocycles. The minimum absolute atomic E-state index is 0.0285. The van der Waals surface area contributed by atoms with Crippen LogP contribution in [0.4, 0.5) is 17.1 Å². The lowest BCUT2D eigenvalue weighted by Gasteiger charge is -2.31. The van der Waals surface area contributed by atoms with Gasteiger partial charge in [-0.1, -0.05) is 176 Å². The van der Waals surface area contributed by atoms with Gasteiger partial charge < -0.3 is 4.90 Å². The van der Waals surface area contributed by atoms with Crippen molar-refractivity contribution >= 4 is 38.6 Å². The van der Waals surface area contributed by atoms with Gasteiger partial charge in [0.25, 0.3) is 0 Å². The fraction of sp³-hybridized carbons (Fsp3) is 0.185. The molecule has 0 atom stereocenters. The molecule has 0 unspecified atom stereocenters. The highest BCUT2D eigenvalue weighted by Gasteiger charge is 2.40. The molecule has 8 aromatic carbocycles. The SMILES string of the molecule is CC(C)(C)c1cccc2c1-c1ccc(N(c3ccc4c(c3)-c3ccccc3C4(C)C)c3ccc4ccccc4c3-c3cccc4ccccc34)cc1C2(C)C. The molecule has 0 bridgehead atoms. The normalized spacial score (nSPS) is 14.7. The van der Waals surface area contributed by atoms with E-state index >= 15 is 0 Å². The van der Waals surface area contributed by atoms with Crippen LogP contribution < -0.4 is 4.90 Å². The first-order valence-corrected chi connectivity index (χ1v) is 19.8. The first-order valence-electron chi connectivity index (χ1n) is 19.8. The van der Waals surface area contributed by atoms with E-state index in [0.29, 0.717) is 0 Å². The number of hydrogen-bond donors (Lipinski definition) is 0. The number of nitrogens with zero attached hydrogens (tertiary/aromatic N) is 1. The van der Waals surface area contributed by atoms with E-state index in [1.54, 1.807) is 0 Å². The molecule has 0 radical (unpaired) electrons. The molecule has 2 aliphatic carbocycles. The number of anilines is 3. The Morgan fingerprint density at radius 1 is 0.400 bits per heavy atom. The maximum atomic E-state index is 2.54. The fourth-order valence-electron chi connectivity index (χ4n) is 9.99. The van der Waals surface area contributed by atoms with Crippen molar-refractivity contribution in [3.63, 3.8) is 0 Å². The smallest absolute Gasteiger partial charge is 0.0546 e. The molecule has 268 valence electrons. The van der Waals surface area contributed by atoms with E-state index in [0.717, 1.165) is 5.69 Å². The van der Waals surface area contributed by atoms with Crippen LogP contribution in [-0.2, 0) is 16.2 Å². The standard InChI is InChI=1S/C54H47N/c1-52(2,3)46-24-15-25-47-51(46)42-29-27-37(33-48(42)54(47,6)7)55(36-28-30-45-43(32-36)40-21-12-13-23-44(40)53(45,4)5)49-31-26-35-17-9-11-20-39(35)50(49)41-22-14-18-34-16-8-10-19-38(34)41/h8-33H,1-7H3. The predicted octanol–water partition coefficient (Wildman–Crippen LogP) is 15.0. The quantitative estimate of drug-likeness (QED) is 0.176. The van der Waals surface area contributed by atoms with Crippen LogP contribution in [0.5, 0.6) is 0 Å². The first-order chi connectivity index (χ1) is 26.4. The van der Waals surface area contributed by atoms with Gasteiger partial charge in [-0.25, -0.2) is 0 Å². The van der Waals surface area contributed by atoms with Crippen molar-refractivity contribution in [3.8, 4) is 33.4 Å². The Morgan fingerprint density at radius 3 is 1.78 bits per heavy atom. The molecule has 1 nitrogen and oxygen atoms in total. The molecule has 1 heteroatoms. The summed E-state index contributed by atoms with van der Waals surface area (Å²) >= 11 is 0. The van der Waals surface area contributed by atoms with E-state index in [-0.39, 0.29) is 16.2 Å². The molecule has 0 fully saturated rings. The largest absolute Gasteiger partial charge is 0.310 e. The molecule has 0 N–H and O–H groups in total. The van der Waals surface area contributed by atoms with Gasteiger partial charge in [0.15, 0.2) is 0 Å². The van der Waals surface area contributed by atoms with Crippen LogP contribution in [0.3, 0.4) is 0 Å². The number of rotatable bonds is 4. The summed E-state index contributed by atoms with van der Waals surface area (Å²) in [6.07, 6.45) is 0. The minimum atomic E-state index is -0.156. The van der Waals surface area contributed by atoms with Gasteiger partial charge in [0.05, 0.1) is 5.69 Å². The van der Waals surface area contributed by atoms with Crippen LogP contribution in [0.25, 0.3) is 54.9 Å². The second-order valence-corrected chi connectivity index (χ2v) is 17.8. The first kappa shape index (κ1) is 33.6. The molecule has 0 heterocycles. The van der Waals surface area contributed by atoms with Gasteiger partial charge in [0, 0.05) is 27.8 Å². The van der Waals surface area contributed by atoms with Crippen LogP contribution in [0, 0.1) is 0 Å². The third-order valence-electron chi connectivity index (χ3n) is 12.8. The summed E-state index contributed by atoms with van der Waals surface area (Å²) in [5, 5.41) is 4.98. The summed E-state index contributed by atoms with van der Waals surface area (Å²) in [5.41, 5.74) is 18.2. The fourth-order valence-corrected chi connectivity index (χ4v) is 9.99. The van der Waals surface area contributed by atoms with Crippen molar-refractivity contribution in [2.45, 2.75) is 64.7 Å². The Balaban J connectivity index is 1.28. The van der Waals surface area contributed by atoms with Gasteiger partial charge in [-0.15, -0.1) is 0 Å². The van der Waals surface area contributed by atoms with Crippen LogP contribution in [0.1, 0.15) is 76.3 Å². The Hall–Kier alpha value is -5.92. The third-order valence-corrected chi connectivity index (χ3v) is 12.8. The third kappa shape index (κ3) is 4.92. The van der Waals surface area contributed by atoms with Crippen LogP contribution in [0.2, 0.25) is 0 Å². The van der Waals surface area contributed by atoms with Crippen LogP contribution >= 0.6 is 0 Å². The maximum Gasteiger partial charge on any atom is 0.0546 e. The zero-order valence-electron chi connectivity index (χ0n) is 33.0. The Morgan fingerprint density at radius 2 is 0.982 bits per heavy atom. The summed E-state index contributed by atoms with van der Waals surface area (Å²) in [5.74, 6) is 0. The summed E-state index contributed by atoms with van der Waals surface area (Å²) in [4.78, 5) is 2.54. The van der Waals surface area contributed by atoms with Gasteiger partial charge in [0.1, 0.15) is 0 Å². The highest BCUT2D eigenvalue weighted by atomic mass is 15.1. The predicted molar refractivity (Wildman–Crippen MR) is 235 cm³/mol. The molecule has 0 saturated heterocycles. The van der Waals surface area contributed by atoms with Gasteiger partial charge in [0.2, 0.25) is 0 Å². The highest BCUT2D eigenvalue weighted by Crippen LogP contribution is 2.56. The molecule has 0 amide bonds. The molecule has 0 spiro atoms. The van der Waals surface area contributed by atoms with E-state index in [1.165, 1.54) is 94.1 Å². The number of hydrogen-bond acceptors (Lipinski definition) is 1. The Labute approximate surface area is 325 Å². The summed E-state index contributed by atoms with van der Waals surface area (Å²) in [6, 6.07) is 59.5. The van der Waals surface area contributed by atoms with E-state index in [4.69, 9.17) is 0 Å². The zero-order chi connectivity index (χ0) is 37.9. The second-order valence-electron chi connectivity index (χ2n) is 17.8. The molecule has 0 aliphatic heterocycles. The topological polar surface area (TPSA) is 3.24 Å². The summed E-state index contributed by atoms with van der Waals surface area (Å²) in [7, 11) is 0. The van der Waals surface area contributed by atoms with E-state index in [9.17, 15) is 0 Å². The van der Waals surface area contributed by atoms with Crippen LogP contribution in [0.15, 0.2) is 158 Å². The van der Waals surface area contributed by atoms with E-state index < -0.39 is 0 Å². The minimum Gasteiger partial charge on any atom is -0.310 e. The summed E-state index contributed by atoms with van der Waals surface area (Å²) < 4.78 is 0. The molecular formula is C54H47N. The average Bonchev–Trinajstić information content (AvgIpc) is 3.56. The van der Waals surface area contributed by atoms with Crippen molar-refractivity contribution in [2.75, 3.05) is 4.90 Å². The Kier molecular flexibility index (Phi) is 7.21.